The number of hydrogen-bond donors (Lipinski definition) is 2. The molecule has 4 rings (SSSR count). The predicted molar refractivity (Wildman–Crippen MR) is 93.4 cm³/mol. The molecule has 0 unspecified atom stereocenters. The lowest BCUT2D eigenvalue weighted by Crippen LogP contribution is -2.23. The predicted octanol–water partition coefficient (Wildman–Crippen LogP) is 2.27. The summed E-state index contributed by atoms with van der Waals surface area (Å²) in [6, 6.07) is 8.07. The highest BCUT2D eigenvalue weighted by Crippen LogP contribution is 2.32. The maximum Gasteiger partial charge on any atom is 0.152 e. The van der Waals surface area contributed by atoms with Crippen molar-refractivity contribution in [1.82, 2.24) is 14.5 Å². The van der Waals surface area contributed by atoms with E-state index in [0.717, 1.165) is 34.2 Å². The molecule has 1 atom stereocenters. The number of benzene rings is 1. The fourth-order valence-corrected chi connectivity index (χ4v) is 3.07. The van der Waals surface area contributed by atoms with Crippen LogP contribution in [0.1, 0.15) is 25.7 Å². The van der Waals surface area contributed by atoms with E-state index >= 15 is 0 Å². The number of imidazole rings is 1. The van der Waals surface area contributed by atoms with Gasteiger partial charge in [-0.15, -0.1) is 0 Å². The maximum absolute atomic E-state index is 6.11. The van der Waals surface area contributed by atoms with Gasteiger partial charge >= 0.3 is 0 Å². The number of pyridine rings is 1. The Balaban J connectivity index is 0.000000753. The van der Waals surface area contributed by atoms with E-state index in [-0.39, 0.29) is 6.04 Å². The van der Waals surface area contributed by atoms with Crippen molar-refractivity contribution in [2.24, 2.45) is 5.73 Å². The summed E-state index contributed by atoms with van der Waals surface area (Å²) in [7, 11) is 0. The Labute approximate surface area is 135 Å². The minimum Gasteiger partial charge on any atom is -0.382 e. The Hall–Kier alpha value is -2.18. The van der Waals surface area contributed by atoms with Gasteiger partial charge in [0.15, 0.2) is 5.82 Å². The average Bonchev–Trinajstić information content (AvgIpc) is 2.86. The Bertz CT molecular complexity index is 827. The third kappa shape index (κ3) is 2.54. The van der Waals surface area contributed by atoms with Crippen molar-refractivity contribution in [2.45, 2.75) is 26.3 Å². The fraction of sp³-hybridized carbons (Fsp3) is 0.412. The lowest BCUT2D eigenvalue weighted by molar-refractivity contribution is 0.121. The van der Waals surface area contributed by atoms with Gasteiger partial charge in [0.05, 0.1) is 30.3 Å². The van der Waals surface area contributed by atoms with Gasteiger partial charge in [0, 0.05) is 18.4 Å². The standard InChI is InChI=1S/C15H17N5O.C2H6/c16-7-9-8-21-6-5-12-19-13-14(20(9)12)10-3-1-2-4-11(10)18-15(13)17;1-2/h1-4,9H,5-8,16H2,(H2,17,18);1-2H3/t9-;/m0./s1. The van der Waals surface area contributed by atoms with E-state index in [9.17, 15) is 0 Å². The van der Waals surface area contributed by atoms with Gasteiger partial charge in [0.2, 0.25) is 0 Å². The monoisotopic (exact) mass is 313 g/mol. The van der Waals surface area contributed by atoms with Crippen molar-refractivity contribution in [2.75, 3.05) is 25.5 Å². The molecular weight excluding hydrogens is 290 g/mol. The van der Waals surface area contributed by atoms with Crippen LogP contribution in [0.4, 0.5) is 5.82 Å². The summed E-state index contributed by atoms with van der Waals surface area (Å²) in [5.41, 5.74) is 14.7. The summed E-state index contributed by atoms with van der Waals surface area (Å²) in [4.78, 5) is 9.16. The zero-order valence-corrected chi connectivity index (χ0v) is 13.6. The number of ether oxygens (including phenoxy) is 1. The van der Waals surface area contributed by atoms with Crippen LogP contribution in [-0.4, -0.2) is 34.3 Å². The highest BCUT2D eigenvalue weighted by Gasteiger charge is 2.24. The van der Waals surface area contributed by atoms with Crippen LogP contribution in [0.15, 0.2) is 24.3 Å². The van der Waals surface area contributed by atoms with Gasteiger partial charge in [-0.1, -0.05) is 32.0 Å². The second-order valence-electron chi connectivity index (χ2n) is 5.32. The molecule has 0 amide bonds. The van der Waals surface area contributed by atoms with E-state index in [0.29, 0.717) is 25.6 Å². The maximum atomic E-state index is 6.11. The molecule has 2 aromatic heterocycles. The normalized spacial score (nSPS) is 17.4. The second kappa shape index (κ2) is 6.52. The Kier molecular flexibility index (Phi) is 4.45. The van der Waals surface area contributed by atoms with E-state index in [1.807, 2.05) is 32.0 Å². The smallest absolute Gasteiger partial charge is 0.152 e. The van der Waals surface area contributed by atoms with Gasteiger partial charge in [0.25, 0.3) is 0 Å². The van der Waals surface area contributed by atoms with Crippen LogP contribution in [0, 0.1) is 0 Å². The number of aromatic nitrogens is 3. The average molecular weight is 313 g/mol. The van der Waals surface area contributed by atoms with Crippen LogP contribution in [0.3, 0.4) is 0 Å². The Morgan fingerprint density at radius 1 is 1.26 bits per heavy atom. The molecule has 0 aliphatic carbocycles. The summed E-state index contributed by atoms with van der Waals surface area (Å²) >= 11 is 0. The fourth-order valence-electron chi connectivity index (χ4n) is 3.07. The zero-order chi connectivity index (χ0) is 16.4. The van der Waals surface area contributed by atoms with E-state index in [1.54, 1.807) is 0 Å². The van der Waals surface area contributed by atoms with Crippen molar-refractivity contribution >= 4 is 27.8 Å². The second-order valence-corrected chi connectivity index (χ2v) is 5.32. The molecular formula is C17H23N5O. The van der Waals surface area contributed by atoms with E-state index < -0.39 is 0 Å². The van der Waals surface area contributed by atoms with Gasteiger partial charge in [-0.2, -0.15) is 0 Å². The van der Waals surface area contributed by atoms with Crippen molar-refractivity contribution in [3.8, 4) is 0 Å². The van der Waals surface area contributed by atoms with Gasteiger partial charge in [-0.25, -0.2) is 9.97 Å². The van der Waals surface area contributed by atoms with E-state index in [4.69, 9.17) is 21.2 Å². The first-order valence-corrected chi connectivity index (χ1v) is 8.12. The van der Waals surface area contributed by atoms with Gasteiger partial charge in [0.1, 0.15) is 11.3 Å². The molecule has 6 nitrogen and oxygen atoms in total. The minimum atomic E-state index is 0.0812. The minimum absolute atomic E-state index is 0.0812. The van der Waals surface area contributed by atoms with E-state index in [2.05, 4.69) is 15.6 Å². The molecule has 0 saturated carbocycles. The summed E-state index contributed by atoms with van der Waals surface area (Å²) in [6.07, 6.45) is 0.763. The molecule has 1 aromatic carbocycles. The van der Waals surface area contributed by atoms with Gasteiger partial charge < -0.3 is 20.8 Å². The molecule has 0 bridgehead atoms. The van der Waals surface area contributed by atoms with Crippen LogP contribution in [0.25, 0.3) is 21.9 Å². The molecule has 4 N–H and O–H groups in total. The first-order chi connectivity index (χ1) is 11.3. The molecule has 6 heteroatoms. The molecule has 0 saturated heterocycles. The summed E-state index contributed by atoms with van der Waals surface area (Å²) in [5.74, 6) is 1.45. The third-order valence-corrected chi connectivity index (χ3v) is 4.04. The lowest BCUT2D eigenvalue weighted by atomic mass is 10.1. The number of rotatable bonds is 1. The summed E-state index contributed by atoms with van der Waals surface area (Å²) < 4.78 is 7.84. The summed E-state index contributed by atoms with van der Waals surface area (Å²) in [6.45, 7) is 5.77. The number of hydrogen-bond acceptors (Lipinski definition) is 5. The Morgan fingerprint density at radius 3 is 2.83 bits per heavy atom. The number of nitrogen functional groups attached to an aromatic ring is 1. The number of anilines is 1. The largest absolute Gasteiger partial charge is 0.382 e. The van der Waals surface area contributed by atoms with Crippen LogP contribution >= 0.6 is 0 Å². The quantitative estimate of drug-likeness (QED) is 0.719. The van der Waals surface area contributed by atoms with Crippen molar-refractivity contribution in [1.29, 1.82) is 0 Å². The SMILES string of the molecule is CC.NC[C@H]1COCCc2nc3c(N)nc4ccccc4c3n21. The topological polar surface area (TPSA) is 92.0 Å². The van der Waals surface area contributed by atoms with Crippen LogP contribution in [0.5, 0.6) is 0 Å². The number of nitrogens with two attached hydrogens (primary N) is 2. The van der Waals surface area contributed by atoms with Crippen LogP contribution in [-0.2, 0) is 11.2 Å². The highest BCUT2D eigenvalue weighted by molar-refractivity contribution is 6.06. The first kappa shape index (κ1) is 15.7. The molecule has 1 aliphatic heterocycles. The molecule has 3 heterocycles. The lowest BCUT2D eigenvalue weighted by Gasteiger charge is -2.17. The van der Waals surface area contributed by atoms with Crippen LogP contribution < -0.4 is 11.5 Å². The summed E-state index contributed by atoms with van der Waals surface area (Å²) in [5, 5.41) is 1.06. The van der Waals surface area contributed by atoms with Crippen molar-refractivity contribution in [3.05, 3.63) is 30.1 Å². The van der Waals surface area contributed by atoms with Crippen LogP contribution in [0.2, 0.25) is 0 Å². The molecule has 0 spiro atoms. The van der Waals surface area contributed by atoms with E-state index in [1.165, 1.54) is 0 Å². The zero-order valence-electron chi connectivity index (χ0n) is 13.6. The van der Waals surface area contributed by atoms with Crippen molar-refractivity contribution < 1.29 is 4.74 Å². The van der Waals surface area contributed by atoms with Gasteiger partial charge in [-0.05, 0) is 6.07 Å². The molecule has 122 valence electrons. The first-order valence-electron chi connectivity index (χ1n) is 8.12. The van der Waals surface area contributed by atoms with Gasteiger partial charge in [-0.3, -0.25) is 0 Å². The molecule has 23 heavy (non-hydrogen) atoms. The third-order valence-electron chi connectivity index (χ3n) is 4.04. The van der Waals surface area contributed by atoms with Crippen molar-refractivity contribution in [3.63, 3.8) is 0 Å². The number of para-hydroxylation sites is 1. The number of fused-ring (bicyclic) bond motifs is 5. The molecule has 3 aromatic rings. The highest BCUT2D eigenvalue weighted by atomic mass is 16.5. The number of nitrogens with zero attached hydrogens (tertiary/aromatic N) is 3. The molecule has 0 radical (unpaired) electrons. The Morgan fingerprint density at radius 2 is 2.04 bits per heavy atom. The molecule has 0 fully saturated rings. The molecule has 1 aliphatic rings.